The van der Waals surface area contributed by atoms with Gasteiger partial charge in [0.25, 0.3) is 11.6 Å². The fourth-order valence-corrected chi connectivity index (χ4v) is 1.74. The number of anilines is 2. The average molecular weight is 293 g/mol. The van der Waals surface area contributed by atoms with Crippen LogP contribution in [0.3, 0.4) is 0 Å². The van der Waals surface area contributed by atoms with E-state index in [1.54, 1.807) is 12.1 Å². The normalized spacial score (nSPS) is 10.1. The van der Waals surface area contributed by atoms with Crippen molar-refractivity contribution < 1.29 is 9.72 Å². The van der Waals surface area contributed by atoms with Crippen molar-refractivity contribution in [3.05, 3.63) is 57.4 Å². The van der Waals surface area contributed by atoms with Crippen LogP contribution >= 0.6 is 11.6 Å². The lowest BCUT2D eigenvalue weighted by molar-refractivity contribution is -0.384. The van der Waals surface area contributed by atoms with Crippen LogP contribution in [0, 0.1) is 10.1 Å². The molecule has 1 aromatic carbocycles. The molecule has 0 fully saturated rings. The van der Waals surface area contributed by atoms with E-state index in [0.717, 1.165) is 12.1 Å². The maximum Gasteiger partial charge on any atom is 0.271 e. The number of halogens is 1. The molecule has 1 heterocycles. The summed E-state index contributed by atoms with van der Waals surface area (Å²) in [6, 6.07) is 5.33. The Morgan fingerprint density at radius 3 is 2.60 bits per heavy atom. The summed E-state index contributed by atoms with van der Waals surface area (Å²) in [6.45, 7) is 0. The molecule has 20 heavy (non-hydrogen) atoms. The zero-order chi connectivity index (χ0) is 14.7. The molecule has 0 saturated carbocycles. The maximum absolute atomic E-state index is 12.1. The van der Waals surface area contributed by atoms with Gasteiger partial charge < -0.3 is 11.1 Å². The molecule has 7 nitrogen and oxygen atoms in total. The number of nitrogens with one attached hydrogen (secondary N) is 1. The average Bonchev–Trinajstić information content (AvgIpc) is 2.42. The number of nitrogens with zero attached hydrogens (tertiary/aromatic N) is 2. The maximum atomic E-state index is 12.1. The third-order valence-electron chi connectivity index (χ3n) is 2.51. The SMILES string of the molecule is Nc1c(Cl)cc([N+](=O)[O-])cc1C(=O)Nc1ccncc1. The summed E-state index contributed by atoms with van der Waals surface area (Å²) in [5.74, 6) is -0.584. The van der Waals surface area contributed by atoms with Crippen molar-refractivity contribution in [3.8, 4) is 0 Å². The predicted octanol–water partition coefficient (Wildman–Crippen LogP) is 2.48. The molecule has 0 unspecified atom stereocenters. The van der Waals surface area contributed by atoms with Gasteiger partial charge in [-0.25, -0.2) is 0 Å². The van der Waals surface area contributed by atoms with E-state index in [2.05, 4.69) is 10.3 Å². The van der Waals surface area contributed by atoms with Crippen LogP contribution in [0.25, 0.3) is 0 Å². The number of carbonyl (C=O) groups is 1. The number of nitro groups is 1. The van der Waals surface area contributed by atoms with Gasteiger partial charge >= 0.3 is 0 Å². The topological polar surface area (TPSA) is 111 Å². The van der Waals surface area contributed by atoms with E-state index in [0.29, 0.717) is 5.69 Å². The van der Waals surface area contributed by atoms with Gasteiger partial charge in [-0.05, 0) is 12.1 Å². The fourth-order valence-electron chi connectivity index (χ4n) is 1.53. The molecule has 2 rings (SSSR count). The van der Waals surface area contributed by atoms with Crippen LogP contribution in [0.15, 0.2) is 36.7 Å². The third kappa shape index (κ3) is 2.83. The van der Waals surface area contributed by atoms with Crippen LogP contribution in [-0.2, 0) is 0 Å². The van der Waals surface area contributed by atoms with E-state index in [1.807, 2.05) is 0 Å². The van der Waals surface area contributed by atoms with Crippen LogP contribution in [-0.4, -0.2) is 15.8 Å². The molecule has 3 N–H and O–H groups in total. The first-order chi connectivity index (χ1) is 9.49. The Balaban J connectivity index is 2.36. The summed E-state index contributed by atoms with van der Waals surface area (Å²) in [5, 5.41) is 13.3. The lowest BCUT2D eigenvalue weighted by Crippen LogP contribution is -2.14. The first kappa shape index (κ1) is 13.8. The van der Waals surface area contributed by atoms with Gasteiger partial charge in [0.1, 0.15) is 0 Å². The molecule has 0 radical (unpaired) electrons. The van der Waals surface area contributed by atoms with Crippen molar-refractivity contribution in [1.29, 1.82) is 0 Å². The summed E-state index contributed by atoms with van der Waals surface area (Å²) in [5.41, 5.74) is 5.80. The summed E-state index contributed by atoms with van der Waals surface area (Å²) in [4.78, 5) is 26.0. The molecule has 0 saturated heterocycles. The van der Waals surface area contributed by atoms with Crippen molar-refractivity contribution in [2.75, 3.05) is 11.1 Å². The molecule has 0 aliphatic rings. The second-order valence-electron chi connectivity index (χ2n) is 3.84. The molecular formula is C12H9ClN4O3. The quantitative estimate of drug-likeness (QED) is 0.513. The Kier molecular flexibility index (Phi) is 3.81. The first-order valence-electron chi connectivity index (χ1n) is 5.44. The highest BCUT2D eigenvalue weighted by Crippen LogP contribution is 2.29. The van der Waals surface area contributed by atoms with Crippen LogP contribution in [0.2, 0.25) is 5.02 Å². The Labute approximate surface area is 118 Å². The molecule has 102 valence electrons. The van der Waals surface area contributed by atoms with Gasteiger partial charge in [0.05, 0.1) is 21.2 Å². The van der Waals surface area contributed by atoms with Gasteiger partial charge in [-0.15, -0.1) is 0 Å². The zero-order valence-electron chi connectivity index (χ0n) is 10.0. The lowest BCUT2D eigenvalue weighted by Gasteiger charge is -2.08. The van der Waals surface area contributed by atoms with Crippen LogP contribution < -0.4 is 11.1 Å². The van der Waals surface area contributed by atoms with Gasteiger partial charge in [-0.1, -0.05) is 11.6 Å². The molecular weight excluding hydrogens is 284 g/mol. The minimum atomic E-state index is -0.644. The molecule has 1 aromatic heterocycles. The van der Waals surface area contributed by atoms with Gasteiger partial charge in [0.2, 0.25) is 0 Å². The number of carbonyl (C=O) groups excluding carboxylic acids is 1. The van der Waals surface area contributed by atoms with Gasteiger partial charge in [-0.2, -0.15) is 0 Å². The number of pyridine rings is 1. The highest BCUT2D eigenvalue weighted by atomic mass is 35.5. The largest absolute Gasteiger partial charge is 0.397 e. The summed E-state index contributed by atoms with van der Waals surface area (Å²) in [7, 11) is 0. The standard InChI is InChI=1S/C12H9ClN4O3/c13-10-6-8(17(19)20)5-9(11(10)14)12(18)16-7-1-3-15-4-2-7/h1-6H,14H2,(H,15,16,18). The highest BCUT2D eigenvalue weighted by Gasteiger charge is 2.18. The number of amides is 1. The number of aromatic nitrogens is 1. The Bertz CT molecular complexity index is 676. The Morgan fingerprint density at radius 2 is 2.00 bits per heavy atom. The molecule has 0 bridgehead atoms. The number of hydrogen-bond donors (Lipinski definition) is 2. The second kappa shape index (κ2) is 5.54. The molecule has 0 spiro atoms. The Hall–Kier alpha value is -2.67. The lowest BCUT2D eigenvalue weighted by atomic mass is 10.1. The minimum Gasteiger partial charge on any atom is -0.397 e. The Morgan fingerprint density at radius 1 is 1.35 bits per heavy atom. The van der Waals surface area contributed by atoms with E-state index < -0.39 is 10.8 Å². The predicted molar refractivity (Wildman–Crippen MR) is 74.7 cm³/mol. The number of nitrogens with two attached hydrogens (primary N) is 1. The van der Waals surface area contributed by atoms with Crippen LogP contribution in [0.5, 0.6) is 0 Å². The monoisotopic (exact) mass is 292 g/mol. The van der Waals surface area contributed by atoms with E-state index in [9.17, 15) is 14.9 Å². The van der Waals surface area contributed by atoms with E-state index in [-0.39, 0.29) is 22.0 Å². The van der Waals surface area contributed by atoms with E-state index in [4.69, 9.17) is 17.3 Å². The zero-order valence-corrected chi connectivity index (χ0v) is 10.8. The smallest absolute Gasteiger partial charge is 0.271 e. The number of nitrogen functional groups attached to an aromatic ring is 1. The van der Waals surface area contributed by atoms with Crippen molar-refractivity contribution in [2.45, 2.75) is 0 Å². The molecule has 8 heteroatoms. The summed E-state index contributed by atoms with van der Waals surface area (Å²) < 4.78 is 0. The van der Waals surface area contributed by atoms with Gasteiger partial charge in [0.15, 0.2) is 0 Å². The molecule has 2 aromatic rings. The van der Waals surface area contributed by atoms with Crippen molar-refractivity contribution >= 4 is 34.6 Å². The number of rotatable bonds is 3. The molecule has 1 amide bonds. The molecule has 0 aliphatic carbocycles. The fraction of sp³-hybridized carbons (Fsp3) is 0. The summed E-state index contributed by atoms with van der Waals surface area (Å²) in [6.07, 6.45) is 3.00. The van der Waals surface area contributed by atoms with Gasteiger partial charge in [-0.3, -0.25) is 19.9 Å². The molecule has 0 atom stereocenters. The highest BCUT2D eigenvalue weighted by molar-refractivity contribution is 6.34. The third-order valence-corrected chi connectivity index (χ3v) is 2.82. The van der Waals surface area contributed by atoms with E-state index in [1.165, 1.54) is 12.4 Å². The van der Waals surface area contributed by atoms with Crippen LogP contribution in [0.4, 0.5) is 17.1 Å². The first-order valence-corrected chi connectivity index (χ1v) is 5.81. The van der Waals surface area contributed by atoms with Crippen molar-refractivity contribution in [2.24, 2.45) is 0 Å². The second-order valence-corrected chi connectivity index (χ2v) is 4.24. The van der Waals surface area contributed by atoms with Crippen molar-refractivity contribution in [1.82, 2.24) is 4.98 Å². The van der Waals surface area contributed by atoms with Crippen LogP contribution in [0.1, 0.15) is 10.4 Å². The number of benzene rings is 1. The van der Waals surface area contributed by atoms with E-state index >= 15 is 0 Å². The van der Waals surface area contributed by atoms with Crippen molar-refractivity contribution in [3.63, 3.8) is 0 Å². The minimum absolute atomic E-state index is 0.0103. The summed E-state index contributed by atoms with van der Waals surface area (Å²) >= 11 is 5.79. The number of nitro benzene ring substituents is 1. The van der Waals surface area contributed by atoms with Gasteiger partial charge in [0, 0.05) is 30.2 Å². The molecule has 0 aliphatic heterocycles. The number of non-ortho nitro benzene ring substituents is 1. The number of hydrogen-bond acceptors (Lipinski definition) is 5.